The number of alkyl halides is 3. The molecule has 0 amide bonds. The molecule has 9 heteroatoms. The van der Waals surface area contributed by atoms with Crippen molar-refractivity contribution in [1.29, 1.82) is 0 Å². The van der Waals surface area contributed by atoms with Gasteiger partial charge >= 0.3 is 6.18 Å². The summed E-state index contributed by atoms with van der Waals surface area (Å²) in [5.74, 6) is 0. The molecule has 1 heterocycles. The van der Waals surface area contributed by atoms with Crippen molar-refractivity contribution in [2.45, 2.75) is 16.0 Å². The van der Waals surface area contributed by atoms with E-state index in [-0.39, 0.29) is 9.79 Å². The molecule has 3 aromatic rings. The number of rotatable bonds is 1. The van der Waals surface area contributed by atoms with Crippen LogP contribution in [0.2, 0.25) is 0 Å². The summed E-state index contributed by atoms with van der Waals surface area (Å²) < 4.78 is 66.2. The smallest absolute Gasteiger partial charge is 0.308 e. The summed E-state index contributed by atoms with van der Waals surface area (Å²) in [4.78, 5) is 1.80. The molecule has 0 spiro atoms. The largest absolute Gasteiger partial charge is 0.416 e. The molecule has 0 unspecified atom stereocenters. The molecule has 0 saturated heterocycles. The number of nitrogens with zero attached hydrogens (tertiary/aromatic N) is 1. The Bertz CT molecular complexity index is 1130. The second-order valence-electron chi connectivity index (χ2n) is 6.11. The van der Waals surface area contributed by atoms with Crippen molar-refractivity contribution in [3.8, 4) is 0 Å². The number of hydrogen-bond acceptors (Lipinski definition) is 3. The third-order valence-electron chi connectivity index (χ3n) is 4.36. The van der Waals surface area contributed by atoms with Gasteiger partial charge in [0.2, 0.25) is 9.84 Å². The van der Waals surface area contributed by atoms with Gasteiger partial charge in [0.25, 0.3) is 0 Å². The van der Waals surface area contributed by atoms with Crippen LogP contribution in [0.1, 0.15) is 5.56 Å². The lowest BCUT2D eigenvalue weighted by Crippen LogP contribution is -2.22. The fraction of sp³-hybridized carbons (Fsp3) is 0.0526. The molecular weight excluding hydrogens is 523 g/mol. The van der Waals surface area contributed by atoms with E-state index in [9.17, 15) is 21.6 Å². The predicted octanol–water partition coefficient (Wildman–Crippen LogP) is 6.85. The van der Waals surface area contributed by atoms with Gasteiger partial charge in [-0.2, -0.15) is 13.2 Å². The molecule has 1 aliphatic heterocycles. The molecule has 3 aromatic carbocycles. The Balaban J connectivity index is 1.99. The molecule has 1 aliphatic rings. The first-order valence-corrected chi connectivity index (χ1v) is 11.0. The van der Waals surface area contributed by atoms with Crippen LogP contribution in [-0.2, 0) is 16.0 Å². The Hall–Kier alpha value is -1.84. The highest BCUT2D eigenvalue weighted by atomic mass is 79.9. The summed E-state index contributed by atoms with van der Waals surface area (Å²) in [5.41, 5.74) is 0.401. The van der Waals surface area contributed by atoms with Gasteiger partial charge in [-0.15, -0.1) is 0 Å². The molecule has 0 N–H and O–H groups in total. The van der Waals surface area contributed by atoms with E-state index in [1.165, 1.54) is 24.3 Å². The zero-order valence-corrected chi connectivity index (χ0v) is 17.8. The molecule has 0 atom stereocenters. The van der Waals surface area contributed by atoms with Crippen LogP contribution in [0.3, 0.4) is 0 Å². The van der Waals surface area contributed by atoms with E-state index in [2.05, 4.69) is 31.9 Å². The fourth-order valence-electron chi connectivity index (χ4n) is 3.10. The lowest BCUT2D eigenvalue weighted by atomic mass is 10.1. The van der Waals surface area contributed by atoms with Crippen LogP contribution in [0, 0.1) is 0 Å². The minimum Gasteiger partial charge on any atom is -0.308 e. The molecule has 28 heavy (non-hydrogen) atoms. The number of sulfone groups is 1. The van der Waals surface area contributed by atoms with Crippen molar-refractivity contribution in [1.82, 2.24) is 0 Å². The highest BCUT2D eigenvalue weighted by molar-refractivity contribution is 9.10. The van der Waals surface area contributed by atoms with Gasteiger partial charge in [0.15, 0.2) is 0 Å². The minimum absolute atomic E-state index is 0.0763. The van der Waals surface area contributed by atoms with E-state index in [1.807, 2.05) is 0 Å². The Morgan fingerprint density at radius 1 is 0.750 bits per heavy atom. The van der Waals surface area contributed by atoms with Gasteiger partial charge in [-0.3, -0.25) is 0 Å². The highest BCUT2D eigenvalue weighted by Crippen LogP contribution is 2.49. The third kappa shape index (κ3) is 3.15. The fourth-order valence-corrected chi connectivity index (χ4v) is 5.80. The maximum absolute atomic E-state index is 13.1. The van der Waals surface area contributed by atoms with Crippen LogP contribution in [-0.4, -0.2) is 8.42 Å². The van der Waals surface area contributed by atoms with Crippen molar-refractivity contribution in [2.75, 3.05) is 4.90 Å². The van der Waals surface area contributed by atoms with Gasteiger partial charge in [-0.1, -0.05) is 31.9 Å². The van der Waals surface area contributed by atoms with Crippen LogP contribution >= 0.6 is 31.9 Å². The number of benzene rings is 3. The van der Waals surface area contributed by atoms with E-state index in [0.29, 0.717) is 26.0 Å². The minimum atomic E-state index is -4.45. The summed E-state index contributed by atoms with van der Waals surface area (Å²) in [6.07, 6.45) is -4.45. The summed E-state index contributed by atoms with van der Waals surface area (Å²) >= 11 is 6.57. The quantitative estimate of drug-likeness (QED) is 0.269. The molecular formula is C19H10Br2F3NO2S. The summed E-state index contributed by atoms with van der Waals surface area (Å²) in [6.45, 7) is 0. The highest BCUT2D eigenvalue weighted by Gasteiger charge is 2.36. The SMILES string of the molecule is O=S1(=O)c2cc(Br)ccc2N(c2ccc(C(F)(F)F)cc2)c2ccc(Br)cc21. The third-order valence-corrected chi connectivity index (χ3v) is 7.16. The Morgan fingerprint density at radius 2 is 1.21 bits per heavy atom. The van der Waals surface area contributed by atoms with E-state index < -0.39 is 21.6 Å². The number of fused-ring (bicyclic) bond motifs is 2. The number of halogens is 5. The Labute approximate surface area is 176 Å². The Kier molecular flexibility index (Phi) is 4.59. The molecule has 0 aliphatic carbocycles. The molecule has 144 valence electrons. The number of anilines is 3. The van der Waals surface area contributed by atoms with Crippen LogP contribution in [0.15, 0.2) is 79.4 Å². The number of hydrogen-bond donors (Lipinski definition) is 0. The lowest BCUT2D eigenvalue weighted by Gasteiger charge is -2.33. The average molecular weight is 533 g/mol. The van der Waals surface area contributed by atoms with Crippen LogP contribution in [0.25, 0.3) is 0 Å². The van der Waals surface area contributed by atoms with Gasteiger partial charge in [0, 0.05) is 14.6 Å². The van der Waals surface area contributed by atoms with Gasteiger partial charge in [0.1, 0.15) is 0 Å². The first kappa shape index (κ1) is 19.5. The van der Waals surface area contributed by atoms with Gasteiger partial charge in [-0.25, -0.2) is 8.42 Å². The van der Waals surface area contributed by atoms with Crippen molar-refractivity contribution in [3.63, 3.8) is 0 Å². The van der Waals surface area contributed by atoms with Crippen molar-refractivity contribution < 1.29 is 21.6 Å². The zero-order valence-electron chi connectivity index (χ0n) is 13.8. The second-order valence-corrected chi connectivity index (χ2v) is 9.83. The van der Waals surface area contributed by atoms with Gasteiger partial charge < -0.3 is 4.90 Å². The van der Waals surface area contributed by atoms with E-state index in [1.54, 1.807) is 29.2 Å². The van der Waals surface area contributed by atoms with E-state index in [4.69, 9.17) is 0 Å². The summed E-state index contributed by atoms with van der Waals surface area (Å²) in [7, 11) is -3.80. The predicted molar refractivity (Wildman–Crippen MR) is 107 cm³/mol. The van der Waals surface area contributed by atoms with Crippen molar-refractivity contribution in [2.24, 2.45) is 0 Å². The van der Waals surface area contributed by atoms with E-state index in [0.717, 1.165) is 12.1 Å². The van der Waals surface area contributed by atoms with Gasteiger partial charge in [-0.05, 0) is 60.7 Å². The molecule has 0 aromatic heterocycles. The Morgan fingerprint density at radius 3 is 1.64 bits per heavy atom. The second kappa shape index (κ2) is 6.60. The average Bonchev–Trinajstić information content (AvgIpc) is 2.63. The van der Waals surface area contributed by atoms with Crippen LogP contribution in [0.4, 0.5) is 30.2 Å². The monoisotopic (exact) mass is 531 g/mol. The van der Waals surface area contributed by atoms with Gasteiger partial charge in [0.05, 0.1) is 26.7 Å². The molecule has 0 radical (unpaired) electrons. The molecule has 4 rings (SSSR count). The normalized spacial score (nSPS) is 15.1. The topological polar surface area (TPSA) is 37.4 Å². The zero-order chi connectivity index (χ0) is 20.3. The molecule has 3 nitrogen and oxygen atoms in total. The standard InChI is InChI=1S/C19H10Br2F3NO2S/c20-12-3-7-15-17(9-12)28(26,27)18-10-13(21)4-8-16(18)25(15)14-5-1-11(2-6-14)19(22,23)24/h1-10H. The maximum Gasteiger partial charge on any atom is 0.416 e. The molecule has 0 fully saturated rings. The molecule has 0 saturated carbocycles. The van der Waals surface area contributed by atoms with Crippen molar-refractivity contribution >= 4 is 58.8 Å². The lowest BCUT2D eigenvalue weighted by molar-refractivity contribution is -0.137. The summed E-state index contributed by atoms with van der Waals surface area (Å²) in [5, 5.41) is 0. The maximum atomic E-state index is 13.1. The first-order valence-electron chi connectivity index (χ1n) is 7.90. The molecule has 0 bridgehead atoms. The van der Waals surface area contributed by atoms with Crippen LogP contribution < -0.4 is 4.90 Å². The van der Waals surface area contributed by atoms with Crippen molar-refractivity contribution in [3.05, 3.63) is 75.2 Å². The summed E-state index contributed by atoms with van der Waals surface area (Å²) in [6, 6.07) is 14.2. The van der Waals surface area contributed by atoms with Crippen LogP contribution in [0.5, 0.6) is 0 Å². The van der Waals surface area contributed by atoms with E-state index >= 15 is 0 Å². The first-order chi connectivity index (χ1) is 13.1.